The van der Waals surface area contributed by atoms with Crippen LogP contribution in [0.4, 0.5) is 4.79 Å². The van der Waals surface area contributed by atoms with E-state index in [0.717, 1.165) is 15.5 Å². The van der Waals surface area contributed by atoms with E-state index in [1.54, 1.807) is 18.7 Å². The van der Waals surface area contributed by atoms with Gasteiger partial charge in [-0.15, -0.1) is 16.8 Å². The Hall–Kier alpha value is -1.82. The summed E-state index contributed by atoms with van der Waals surface area (Å²) in [7, 11) is 0. The molecular formula is C14H17N3O2S. The summed E-state index contributed by atoms with van der Waals surface area (Å²) < 4.78 is 0. The predicted octanol–water partition coefficient (Wildman–Crippen LogP) is 2.46. The molecule has 1 aliphatic rings. The number of hydrazone groups is 1. The fourth-order valence-electron chi connectivity index (χ4n) is 1.83. The minimum Gasteiger partial charge on any atom is -0.322 e. The number of carbonyl (C=O) groups excluding carboxylic acids is 2. The molecular weight excluding hydrogens is 274 g/mol. The van der Waals surface area contributed by atoms with E-state index in [-0.39, 0.29) is 5.91 Å². The summed E-state index contributed by atoms with van der Waals surface area (Å²) in [5, 5.41) is 7.54. The maximum Gasteiger partial charge on any atom is 0.346 e. The number of imide groups is 1. The number of benzene rings is 1. The number of nitrogens with zero attached hydrogens (tertiary/aromatic N) is 2. The van der Waals surface area contributed by atoms with Crippen LogP contribution in [0.5, 0.6) is 0 Å². The summed E-state index contributed by atoms with van der Waals surface area (Å²) in [6.45, 7) is 3.56. The smallest absolute Gasteiger partial charge is 0.322 e. The van der Waals surface area contributed by atoms with E-state index in [1.807, 2.05) is 37.4 Å². The van der Waals surface area contributed by atoms with Gasteiger partial charge < -0.3 is 5.32 Å². The van der Waals surface area contributed by atoms with Gasteiger partial charge in [0.25, 0.3) is 5.91 Å². The van der Waals surface area contributed by atoms with Gasteiger partial charge in [0.05, 0.1) is 6.21 Å². The van der Waals surface area contributed by atoms with Crippen LogP contribution in [-0.4, -0.2) is 35.0 Å². The maximum atomic E-state index is 12.1. The molecule has 1 fully saturated rings. The number of carbonyl (C=O) groups is 2. The molecule has 0 saturated carbocycles. The molecule has 20 heavy (non-hydrogen) atoms. The Morgan fingerprint density at radius 1 is 1.35 bits per heavy atom. The summed E-state index contributed by atoms with van der Waals surface area (Å²) in [4.78, 5) is 25.0. The minimum atomic E-state index is -0.850. The fourth-order valence-corrected chi connectivity index (χ4v) is 2.24. The molecule has 0 bridgehead atoms. The van der Waals surface area contributed by atoms with Crippen molar-refractivity contribution in [3.8, 4) is 0 Å². The van der Waals surface area contributed by atoms with Crippen molar-refractivity contribution in [2.45, 2.75) is 30.7 Å². The zero-order valence-electron chi connectivity index (χ0n) is 11.7. The molecule has 0 radical (unpaired) electrons. The van der Waals surface area contributed by atoms with Crippen LogP contribution < -0.4 is 5.32 Å². The second-order valence-electron chi connectivity index (χ2n) is 4.75. The SMILES string of the molecule is CC[C@@]1(C)NC(=O)N(/N=C\c2ccc(SC)cc2)C1=O. The lowest BCUT2D eigenvalue weighted by atomic mass is 10.00. The van der Waals surface area contributed by atoms with Gasteiger partial charge in [0.15, 0.2) is 0 Å². The molecule has 3 amide bonds. The lowest BCUT2D eigenvalue weighted by Crippen LogP contribution is -2.42. The lowest BCUT2D eigenvalue weighted by Gasteiger charge is -2.17. The highest BCUT2D eigenvalue weighted by molar-refractivity contribution is 7.98. The van der Waals surface area contributed by atoms with Gasteiger partial charge in [-0.1, -0.05) is 19.1 Å². The first-order valence-electron chi connectivity index (χ1n) is 6.35. The number of amides is 3. The molecule has 1 atom stereocenters. The number of rotatable bonds is 4. The molecule has 0 aromatic heterocycles. The maximum absolute atomic E-state index is 12.1. The lowest BCUT2D eigenvalue weighted by molar-refractivity contribution is -0.130. The first kappa shape index (κ1) is 14.6. The molecule has 1 aromatic carbocycles. The molecule has 0 aliphatic carbocycles. The summed E-state index contributed by atoms with van der Waals surface area (Å²) in [6, 6.07) is 7.25. The van der Waals surface area contributed by atoms with E-state index in [2.05, 4.69) is 10.4 Å². The Morgan fingerprint density at radius 3 is 2.50 bits per heavy atom. The summed E-state index contributed by atoms with van der Waals surface area (Å²) >= 11 is 1.65. The van der Waals surface area contributed by atoms with Crippen LogP contribution in [0.2, 0.25) is 0 Å². The van der Waals surface area contributed by atoms with Gasteiger partial charge in [-0.2, -0.15) is 5.10 Å². The highest BCUT2D eigenvalue weighted by Crippen LogP contribution is 2.21. The molecule has 1 aliphatic heterocycles. The summed E-state index contributed by atoms with van der Waals surface area (Å²) in [6.07, 6.45) is 4.05. The number of hydrogen-bond donors (Lipinski definition) is 1. The van der Waals surface area contributed by atoms with Crippen molar-refractivity contribution in [3.05, 3.63) is 29.8 Å². The highest BCUT2D eigenvalue weighted by atomic mass is 32.2. The van der Waals surface area contributed by atoms with E-state index in [0.29, 0.717) is 6.42 Å². The van der Waals surface area contributed by atoms with Crippen LogP contribution in [0.25, 0.3) is 0 Å². The number of hydrogen-bond acceptors (Lipinski definition) is 4. The van der Waals surface area contributed by atoms with E-state index in [4.69, 9.17) is 0 Å². The number of urea groups is 1. The van der Waals surface area contributed by atoms with Gasteiger partial charge in [-0.05, 0) is 37.3 Å². The van der Waals surface area contributed by atoms with Crippen LogP contribution in [0.1, 0.15) is 25.8 Å². The van der Waals surface area contributed by atoms with Crippen molar-refractivity contribution < 1.29 is 9.59 Å². The van der Waals surface area contributed by atoms with Gasteiger partial charge in [-0.3, -0.25) is 4.79 Å². The van der Waals surface area contributed by atoms with E-state index in [9.17, 15) is 9.59 Å². The molecule has 0 spiro atoms. The van der Waals surface area contributed by atoms with Crippen LogP contribution in [0, 0.1) is 0 Å². The summed E-state index contributed by atoms with van der Waals surface area (Å²) in [5.74, 6) is -0.318. The number of thioether (sulfide) groups is 1. The van der Waals surface area contributed by atoms with Crippen molar-refractivity contribution >= 4 is 29.9 Å². The second kappa shape index (κ2) is 5.66. The topological polar surface area (TPSA) is 61.8 Å². The van der Waals surface area contributed by atoms with Crippen molar-refractivity contribution in [2.75, 3.05) is 6.26 Å². The first-order valence-corrected chi connectivity index (χ1v) is 7.57. The molecule has 1 N–H and O–H groups in total. The van der Waals surface area contributed by atoms with E-state index >= 15 is 0 Å². The highest BCUT2D eigenvalue weighted by Gasteiger charge is 2.46. The molecule has 6 heteroatoms. The predicted molar refractivity (Wildman–Crippen MR) is 79.9 cm³/mol. The second-order valence-corrected chi connectivity index (χ2v) is 5.63. The van der Waals surface area contributed by atoms with Gasteiger partial charge in [0.2, 0.25) is 0 Å². The van der Waals surface area contributed by atoms with E-state index in [1.165, 1.54) is 6.21 Å². The van der Waals surface area contributed by atoms with E-state index < -0.39 is 11.6 Å². The van der Waals surface area contributed by atoms with Gasteiger partial charge in [0.1, 0.15) is 5.54 Å². The average Bonchev–Trinajstić information content (AvgIpc) is 2.68. The third-order valence-electron chi connectivity index (χ3n) is 3.38. The molecule has 0 unspecified atom stereocenters. The standard InChI is InChI=1S/C14H17N3O2S/c1-4-14(2)12(18)17(13(19)16-14)15-9-10-5-7-11(20-3)8-6-10/h5-9H,4H2,1-3H3,(H,16,19)/b15-9-/t14-/m1/s1. The zero-order chi connectivity index (χ0) is 14.8. The minimum absolute atomic E-state index is 0.318. The van der Waals surface area contributed by atoms with Crippen LogP contribution in [0.15, 0.2) is 34.3 Å². The first-order chi connectivity index (χ1) is 9.50. The Labute approximate surface area is 122 Å². The van der Waals surface area contributed by atoms with Gasteiger partial charge in [-0.25, -0.2) is 4.79 Å². The largest absolute Gasteiger partial charge is 0.346 e. The fraction of sp³-hybridized carbons (Fsp3) is 0.357. The quantitative estimate of drug-likeness (QED) is 0.526. The van der Waals surface area contributed by atoms with Gasteiger partial charge in [0, 0.05) is 4.90 Å². The Bertz CT molecular complexity index is 556. The monoisotopic (exact) mass is 291 g/mol. The van der Waals surface area contributed by atoms with Crippen molar-refractivity contribution in [3.63, 3.8) is 0 Å². The van der Waals surface area contributed by atoms with Crippen LogP contribution in [0.3, 0.4) is 0 Å². The number of nitrogens with one attached hydrogen (secondary N) is 1. The zero-order valence-corrected chi connectivity index (χ0v) is 12.5. The van der Waals surface area contributed by atoms with Crippen LogP contribution in [-0.2, 0) is 4.79 Å². The third-order valence-corrected chi connectivity index (χ3v) is 4.13. The Balaban J connectivity index is 2.14. The molecule has 106 valence electrons. The third kappa shape index (κ3) is 2.70. The van der Waals surface area contributed by atoms with Crippen molar-refractivity contribution in [1.82, 2.24) is 10.3 Å². The molecule has 5 nitrogen and oxygen atoms in total. The van der Waals surface area contributed by atoms with Crippen molar-refractivity contribution in [2.24, 2.45) is 5.10 Å². The van der Waals surface area contributed by atoms with Crippen molar-refractivity contribution in [1.29, 1.82) is 0 Å². The molecule has 1 heterocycles. The molecule has 1 saturated heterocycles. The van der Waals surface area contributed by atoms with Gasteiger partial charge >= 0.3 is 6.03 Å². The molecule has 1 aromatic rings. The summed E-state index contributed by atoms with van der Waals surface area (Å²) in [5.41, 5.74) is -0.00886. The molecule has 2 rings (SSSR count). The normalized spacial score (nSPS) is 22.6. The van der Waals surface area contributed by atoms with Crippen LogP contribution >= 0.6 is 11.8 Å². The average molecular weight is 291 g/mol. The Morgan fingerprint density at radius 2 is 2.00 bits per heavy atom. The Kier molecular flexibility index (Phi) is 4.13.